The van der Waals surface area contributed by atoms with Crippen LogP contribution in [0.5, 0.6) is 5.75 Å². The van der Waals surface area contributed by atoms with E-state index in [0.29, 0.717) is 17.9 Å². The largest absolute Gasteiger partial charge is 0.494 e. The van der Waals surface area contributed by atoms with Crippen LogP contribution in [0.15, 0.2) is 60.1 Å². The highest BCUT2D eigenvalue weighted by Crippen LogP contribution is 2.23. The maximum absolute atomic E-state index is 12.2. The van der Waals surface area contributed by atoms with Gasteiger partial charge in [-0.2, -0.15) is 0 Å². The highest BCUT2D eigenvalue weighted by Gasteiger charge is 2.10. The smallest absolute Gasteiger partial charge is 0.224 e. The number of nitrogens with zero attached hydrogens (tertiary/aromatic N) is 1. The summed E-state index contributed by atoms with van der Waals surface area (Å²) in [5.41, 5.74) is 2.29. The number of hydrogen-bond donors (Lipinski definition) is 1. The van der Waals surface area contributed by atoms with Crippen molar-refractivity contribution >= 4 is 28.7 Å². The van der Waals surface area contributed by atoms with E-state index < -0.39 is 0 Å². The fourth-order valence-electron chi connectivity index (χ4n) is 2.56. The van der Waals surface area contributed by atoms with Gasteiger partial charge in [-0.25, -0.2) is 4.98 Å². The summed E-state index contributed by atoms with van der Waals surface area (Å²) in [4.78, 5) is 28.6. The molecular formula is C21H20N2O3S. The van der Waals surface area contributed by atoms with Gasteiger partial charge in [0.15, 0.2) is 5.78 Å². The molecule has 0 aliphatic rings. The molecule has 0 unspecified atom stereocenters. The first-order chi connectivity index (χ1) is 13.2. The molecule has 27 heavy (non-hydrogen) atoms. The fraction of sp³-hybridized carbons (Fsp3) is 0.190. The van der Waals surface area contributed by atoms with Crippen LogP contribution in [0.3, 0.4) is 0 Å². The summed E-state index contributed by atoms with van der Waals surface area (Å²) in [5, 5.41) is 5.68. The van der Waals surface area contributed by atoms with Crippen molar-refractivity contribution in [3.63, 3.8) is 0 Å². The molecule has 0 bridgehead atoms. The van der Waals surface area contributed by atoms with E-state index in [4.69, 9.17) is 4.74 Å². The summed E-state index contributed by atoms with van der Waals surface area (Å²) in [6, 6.07) is 14.5. The standard InChI is InChI=1S/C21H20N2O3S/c1-2-26-18-9-5-15(6-10-18)19(24)11-12-20(25)23-17-7-3-16(4-8-17)21-22-13-14-27-21/h3-10,13-14H,2,11-12H2,1H3,(H,23,25). The van der Waals surface area contributed by atoms with Gasteiger partial charge in [0.25, 0.3) is 0 Å². The fourth-order valence-corrected chi connectivity index (χ4v) is 3.21. The van der Waals surface area contributed by atoms with Crippen molar-refractivity contribution < 1.29 is 14.3 Å². The Labute approximate surface area is 162 Å². The van der Waals surface area contributed by atoms with E-state index in [1.165, 1.54) is 0 Å². The first-order valence-corrected chi connectivity index (χ1v) is 9.59. The van der Waals surface area contributed by atoms with E-state index in [0.717, 1.165) is 16.3 Å². The Hall–Kier alpha value is -2.99. The zero-order chi connectivity index (χ0) is 19.1. The van der Waals surface area contributed by atoms with E-state index in [1.807, 2.05) is 36.6 Å². The first kappa shape index (κ1) is 18.8. The lowest BCUT2D eigenvalue weighted by atomic mass is 10.1. The molecule has 0 radical (unpaired) electrons. The van der Waals surface area contributed by atoms with Crippen molar-refractivity contribution in [2.75, 3.05) is 11.9 Å². The van der Waals surface area contributed by atoms with Crippen molar-refractivity contribution in [3.05, 3.63) is 65.7 Å². The Morgan fingerprint density at radius 2 is 1.78 bits per heavy atom. The van der Waals surface area contributed by atoms with Gasteiger partial charge < -0.3 is 10.1 Å². The number of benzene rings is 2. The van der Waals surface area contributed by atoms with Gasteiger partial charge in [-0.15, -0.1) is 11.3 Å². The number of hydrogen-bond acceptors (Lipinski definition) is 5. The number of thiazole rings is 1. The van der Waals surface area contributed by atoms with Gasteiger partial charge in [0.2, 0.25) is 5.91 Å². The quantitative estimate of drug-likeness (QED) is 0.570. The summed E-state index contributed by atoms with van der Waals surface area (Å²) in [6.07, 6.45) is 2.06. The van der Waals surface area contributed by atoms with Crippen LogP contribution in [0, 0.1) is 0 Å². The first-order valence-electron chi connectivity index (χ1n) is 8.71. The molecule has 0 atom stereocenters. The molecule has 0 fully saturated rings. The SMILES string of the molecule is CCOc1ccc(C(=O)CCC(=O)Nc2ccc(-c3nccs3)cc2)cc1. The summed E-state index contributed by atoms with van der Waals surface area (Å²) in [7, 11) is 0. The third-order valence-corrected chi connectivity index (χ3v) is 4.74. The second-order valence-electron chi connectivity index (χ2n) is 5.84. The van der Waals surface area contributed by atoms with E-state index in [-0.39, 0.29) is 24.5 Å². The zero-order valence-electron chi connectivity index (χ0n) is 15.0. The van der Waals surface area contributed by atoms with E-state index in [9.17, 15) is 9.59 Å². The number of anilines is 1. The molecule has 1 heterocycles. The lowest BCUT2D eigenvalue weighted by Crippen LogP contribution is -2.13. The second kappa shape index (κ2) is 9.09. The summed E-state index contributed by atoms with van der Waals surface area (Å²) < 4.78 is 5.36. The highest BCUT2D eigenvalue weighted by atomic mass is 32.1. The van der Waals surface area contributed by atoms with E-state index >= 15 is 0 Å². The van der Waals surface area contributed by atoms with Gasteiger partial charge in [0.05, 0.1) is 6.61 Å². The van der Waals surface area contributed by atoms with Gasteiger partial charge in [-0.05, 0) is 55.5 Å². The molecule has 0 spiro atoms. The van der Waals surface area contributed by atoms with Crippen molar-refractivity contribution in [3.8, 4) is 16.3 Å². The number of Topliss-reactive ketones (excluding diaryl/α,β-unsaturated/α-hetero) is 1. The predicted octanol–water partition coefficient (Wildman–Crippen LogP) is 4.81. The number of amides is 1. The van der Waals surface area contributed by atoms with Gasteiger partial charge in [0.1, 0.15) is 10.8 Å². The minimum atomic E-state index is -0.184. The maximum atomic E-state index is 12.2. The van der Waals surface area contributed by atoms with Gasteiger partial charge >= 0.3 is 0 Å². The Bertz CT molecular complexity index is 888. The number of aromatic nitrogens is 1. The van der Waals surface area contributed by atoms with E-state index in [1.54, 1.807) is 41.8 Å². The molecule has 0 aliphatic carbocycles. The molecule has 0 saturated heterocycles. The molecule has 1 amide bonds. The van der Waals surface area contributed by atoms with Crippen LogP contribution in [-0.4, -0.2) is 23.3 Å². The van der Waals surface area contributed by atoms with Crippen LogP contribution >= 0.6 is 11.3 Å². The molecule has 1 N–H and O–H groups in total. The molecule has 138 valence electrons. The van der Waals surface area contributed by atoms with Gasteiger partial charge in [-0.1, -0.05) is 0 Å². The number of rotatable bonds is 8. The number of carbonyl (C=O) groups is 2. The molecule has 3 rings (SSSR count). The Morgan fingerprint density at radius 3 is 2.41 bits per heavy atom. The van der Waals surface area contributed by atoms with Crippen LogP contribution in [0.25, 0.3) is 10.6 Å². The minimum Gasteiger partial charge on any atom is -0.494 e. The molecule has 0 saturated carbocycles. The molecule has 2 aromatic carbocycles. The molecule has 3 aromatic rings. The monoisotopic (exact) mass is 380 g/mol. The summed E-state index contributed by atoms with van der Waals surface area (Å²) in [5.74, 6) is 0.483. The van der Waals surface area contributed by atoms with Crippen LogP contribution in [-0.2, 0) is 4.79 Å². The van der Waals surface area contributed by atoms with E-state index in [2.05, 4.69) is 10.3 Å². The highest BCUT2D eigenvalue weighted by molar-refractivity contribution is 7.13. The van der Waals surface area contributed by atoms with Crippen molar-refractivity contribution in [2.24, 2.45) is 0 Å². The molecule has 5 nitrogen and oxygen atoms in total. The molecule has 0 aliphatic heterocycles. The molecular weight excluding hydrogens is 360 g/mol. The maximum Gasteiger partial charge on any atom is 0.224 e. The van der Waals surface area contributed by atoms with Crippen molar-refractivity contribution in [1.82, 2.24) is 4.98 Å². The van der Waals surface area contributed by atoms with Crippen LogP contribution in [0.2, 0.25) is 0 Å². The van der Waals surface area contributed by atoms with Crippen LogP contribution in [0.1, 0.15) is 30.1 Å². The van der Waals surface area contributed by atoms with Crippen molar-refractivity contribution in [2.45, 2.75) is 19.8 Å². The Kier molecular flexibility index (Phi) is 6.33. The van der Waals surface area contributed by atoms with Crippen LogP contribution in [0.4, 0.5) is 5.69 Å². The second-order valence-corrected chi connectivity index (χ2v) is 6.74. The number of ketones is 1. The number of ether oxygens (including phenoxy) is 1. The molecule has 6 heteroatoms. The normalized spacial score (nSPS) is 10.4. The number of nitrogens with one attached hydrogen (secondary N) is 1. The van der Waals surface area contributed by atoms with Crippen LogP contribution < -0.4 is 10.1 Å². The average Bonchev–Trinajstić information content (AvgIpc) is 3.22. The number of carbonyl (C=O) groups excluding carboxylic acids is 2. The topological polar surface area (TPSA) is 68.3 Å². The lowest BCUT2D eigenvalue weighted by molar-refractivity contribution is -0.116. The Morgan fingerprint density at radius 1 is 1.04 bits per heavy atom. The average molecular weight is 380 g/mol. The molecule has 1 aromatic heterocycles. The summed E-state index contributed by atoms with van der Waals surface area (Å²) in [6.45, 7) is 2.49. The van der Waals surface area contributed by atoms with Gasteiger partial charge in [-0.3, -0.25) is 9.59 Å². The van der Waals surface area contributed by atoms with Gasteiger partial charge in [0, 0.05) is 41.2 Å². The zero-order valence-corrected chi connectivity index (χ0v) is 15.8. The van der Waals surface area contributed by atoms with Crippen molar-refractivity contribution in [1.29, 1.82) is 0 Å². The third-order valence-electron chi connectivity index (χ3n) is 3.91. The lowest BCUT2D eigenvalue weighted by Gasteiger charge is -2.07. The summed E-state index contributed by atoms with van der Waals surface area (Å²) >= 11 is 1.56. The Balaban J connectivity index is 1.49. The third kappa shape index (κ3) is 5.24. The minimum absolute atomic E-state index is 0.0627. The predicted molar refractivity (Wildman–Crippen MR) is 107 cm³/mol.